The second kappa shape index (κ2) is 7.83. The molecule has 158 valence electrons. The molecule has 1 unspecified atom stereocenters. The molecule has 0 spiro atoms. The van der Waals surface area contributed by atoms with Gasteiger partial charge in [-0.3, -0.25) is 9.48 Å². The zero-order chi connectivity index (χ0) is 22.2. The summed E-state index contributed by atoms with van der Waals surface area (Å²) in [5, 5.41) is 16.1. The smallest absolute Gasteiger partial charge is 0.344 e. The van der Waals surface area contributed by atoms with Crippen molar-refractivity contribution >= 4 is 5.91 Å². The standard InChI is InChI=1S/C21H15F4N5O/c22-18-14(6-7-27-19(18)21(23,24)25)16-10-17-15(5-2-8-30(17)29-16)28-20(31)13-4-1-3-12(9-13)11-26/h1,3-4,6-7,9-10,15H,2,5,8H2,(H,28,31). The van der Waals surface area contributed by atoms with Crippen molar-refractivity contribution in [3.05, 3.63) is 70.9 Å². The first kappa shape index (κ1) is 20.5. The van der Waals surface area contributed by atoms with Crippen LogP contribution in [0.4, 0.5) is 17.6 Å². The SMILES string of the molecule is N#Cc1cccc(C(=O)NC2CCCn3nc(-c4ccnc(C(F)(F)F)c4F)cc32)c1. The summed E-state index contributed by atoms with van der Waals surface area (Å²) in [7, 11) is 0. The summed E-state index contributed by atoms with van der Waals surface area (Å²) in [6.45, 7) is 0.491. The molecule has 0 radical (unpaired) electrons. The molecule has 10 heteroatoms. The van der Waals surface area contributed by atoms with Gasteiger partial charge in [0.15, 0.2) is 11.5 Å². The fourth-order valence-corrected chi connectivity index (χ4v) is 3.57. The van der Waals surface area contributed by atoms with E-state index in [-0.39, 0.29) is 11.3 Å². The second-order valence-corrected chi connectivity index (χ2v) is 7.06. The van der Waals surface area contributed by atoms with Crippen LogP contribution in [0.15, 0.2) is 42.6 Å². The van der Waals surface area contributed by atoms with E-state index >= 15 is 0 Å². The third kappa shape index (κ3) is 3.99. The number of aromatic nitrogens is 3. The number of nitrogens with one attached hydrogen (secondary N) is 1. The van der Waals surface area contributed by atoms with Crippen molar-refractivity contribution < 1.29 is 22.4 Å². The van der Waals surface area contributed by atoms with Crippen LogP contribution in [-0.2, 0) is 12.7 Å². The number of carbonyl (C=O) groups is 1. The molecule has 1 aliphatic rings. The molecular weight excluding hydrogens is 414 g/mol. The number of halogens is 4. The minimum absolute atomic E-state index is 0.0352. The van der Waals surface area contributed by atoms with Crippen molar-refractivity contribution in [2.45, 2.75) is 31.6 Å². The molecule has 1 aromatic carbocycles. The third-order valence-electron chi connectivity index (χ3n) is 5.02. The van der Waals surface area contributed by atoms with Crippen LogP contribution in [0.5, 0.6) is 0 Å². The number of nitrogens with zero attached hydrogens (tertiary/aromatic N) is 4. The number of carbonyl (C=O) groups excluding carboxylic acids is 1. The van der Waals surface area contributed by atoms with Gasteiger partial charge < -0.3 is 5.32 Å². The van der Waals surface area contributed by atoms with Gasteiger partial charge in [-0.2, -0.15) is 23.5 Å². The van der Waals surface area contributed by atoms with Crippen molar-refractivity contribution in [2.24, 2.45) is 0 Å². The predicted octanol–water partition coefficient (Wildman–Crippen LogP) is 4.24. The van der Waals surface area contributed by atoms with Gasteiger partial charge in [0.25, 0.3) is 5.91 Å². The van der Waals surface area contributed by atoms with Crippen LogP contribution in [0.25, 0.3) is 11.3 Å². The summed E-state index contributed by atoms with van der Waals surface area (Å²) in [5.41, 5.74) is -0.652. The van der Waals surface area contributed by atoms with E-state index in [0.29, 0.717) is 36.2 Å². The number of pyridine rings is 1. The van der Waals surface area contributed by atoms with Gasteiger partial charge in [0.2, 0.25) is 0 Å². The number of hydrogen-bond donors (Lipinski definition) is 1. The Morgan fingerprint density at radius 2 is 2.06 bits per heavy atom. The van der Waals surface area contributed by atoms with Crippen molar-refractivity contribution in [1.82, 2.24) is 20.1 Å². The Balaban J connectivity index is 1.64. The van der Waals surface area contributed by atoms with Gasteiger partial charge in [-0.1, -0.05) is 6.07 Å². The Kier molecular flexibility index (Phi) is 5.19. The van der Waals surface area contributed by atoms with Crippen LogP contribution in [-0.4, -0.2) is 20.7 Å². The second-order valence-electron chi connectivity index (χ2n) is 7.06. The molecule has 1 amide bonds. The summed E-state index contributed by atoms with van der Waals surface area (Å²) in [4.78, 5) is 15.7. The number of nitriles is 1. The lowest BCUT2D eigenvalue weighted by atomic mass is 10.0. The molecule has 31 heavy (non-hydrogen) atoms. The fraction of sp³-hybridized carbons (Fsp3) is 0.238. The van der Waals surface area contributed by atoms with Crippen LogP contribution in [0.3, 0.4) is 0 Å². The minimum Gasteiger partial charge on any atom is -0.344 e. The predicted molar refractivity (Wildman–Crippen MR) is 101 cm³/mol. The normalized spacial score (nSPS) is 15.8. The molecule has 6 nitrogen and oxygen atoms in total. The Morgan fingerprint density at radius 3 is 2.81 bits per heavy atom. The van der Waals surface area contributed by atoms with Gasteiger partial charge in [-0.05, 0) is 43.2 Å². The molecule has 1 atom stereocenters. The lowest BCUT2D eigenvalue weighted by molar-refractivity contribution is -0.143. The minimum atomic E-state index is -4.92. The molecule has 3 heterocycles. The number of amides is 1. The van der Waals surface area contributed by atoms with Crippen LogP contribution in [0.1, 0.15) is 46.2 Å². The van der Waals surface area contributed by atoms with E-state index in [4.69, 9.17) is 5.26 Å². The zero-order valence-electron chi connectivity index (χ0n) is 15.9. The van der Waals surface area contributed by atoms with Gasteiger partial charge in [-0.15, -0.1) is 0 Å². The van der Waals surface area contributed by atoms with Crippen molar-refractivity contribution in [3.8, 4) is 17.3 Å². The van der Waals surface area contributed by atoms with Gasteiger partial charge in [0.1, 0.15) is 0 Å². The van der Waals surface area contributed by atoms with Crippen molar-refractivity contribution in [3.63, 3.8) is 0 Å². The number of hydrogen-bond acceptors (Lipinski definition) is 4. The molecule has 0 saturated heterocycles. The zero-order valence-corrected chi connectivity index (χ0v) is 15.9. The molecule has 0 aliphatic carbocycles. The highest BCUT2D eigenvalue weighted by Gasteiger charge is 2.37. The Morgan fingerprint density at radius 1 is 1.26 bits per heavy atom. The maximum absolute atomic E-state index is 14.5. The van der Waals surface area contributed by atoms with E-state index in [0.717, 1.165) is 12.3 Å². The molecule has 2 aromatic heterocycles. The fourth-order valence-electron chi connectivity index (χ4n) is 3.57. The maximum Gasteiger partial charge on any atom is 0.436 e. The molecule has 4 rings (SSSR count). The van der Waals surface area contributed by atoms with Crippen LogP contribution < -0.4 is 5.32 Å². The number of alkyl halides is 3. The maximum atomic E-state index is 14.5. The Hall–Kier alpha value is -3.74. The van der Waals surface area contributed by atoms with Gasteiger partial charge in [0.05, 0.1) is 29.1 Å². The highest BCUT2D eigenvalue weighted by atomic mass is 19.4. The average Bonchev–Trinajstić information content (AvgIpc) is 3.18. The number of aryl methyl sites for hydroxylation is 1. The summed E-state index contributed by atoms with van der Waals surface area (Å²) >= 11 is 0. The lowest BCUT2D eigenvalue weighted by Gasteiger charge is -2.24. The first-order valence-electron chi connectivity index (χ1n) is 9.39. The highest BCUT2D eigenvalue weighted by molar-refractivity contribution is 5.94. The highest BCUT2D eigenvalue weighted by Crippen LogP contribution is 2.35. The van der Waals surface area contributed by atoms with E-state index in [1.165, 1.54) is 12.1 Å². The Bertz CT molecular complexity index is 1200. The van der Waals surface area contributed by atoms with E-state index in [1.807, 2.05) is 6.07 Å². The summed E-state index contributed by atoms with van der Waals surface area (Å²) in [6, 6.07) is 10.3. The molecule has 1 N–H and O–H groups in total. The lowest BCUT2D eigenvalue weighted by Crippen LogP contribution is -2.32. The monoisotopic (exact) mass is 429 g/mol. The van der Waals surface area contributed by atoms with Gasteiger partial charge >= 0.3 is 6.18 Å². The molecular formula is C21H15F4N5O. The molecule has 0 saturated carbocycles. The molecule has 3 aromatic rings. The first-order valence-corrected chi connectivity index (χ1v) is 9.39. The van der Waals surface area contributed by atoms with Gasteiger partial charge in [0, 0.05) is 23.9 Å². The largest absolute Gasteiger partial charge is 0.436 e. The van der Waals surface area contributed by atoms with Crippen LogP contribution in [0, 0.1) is 17.1 Å². The van der Waals surface area contributed by atoms with E-state index in [1.54, 1.807) is 22.9 Å². The van der Waals surface area contributed by atoms with Crippen LogP contribution in [0.2, 0.25) is 0 Å². The Labute approximate surface area is 174 Å². The third-order valence-corrected chi connectivity index (χ3v) is 5.02. The number of fused-ring (bicyclic) bond motifs is 1. The molecule has 1 aliphatic heterocycles. The van der Waals surface area contributed by atoms with E-state index in [9.17, 15) is 22.4 Å². The van der Waals surface area contributed by atoms with E-state index < -0.39 is 29.6 Å². The summed E-state index contributed by atoms with van der Waals surface area (Å²) in [6.07, 6.45) is -2.78. The van der Waals surface area contributed by atoms with Crippen LogP contribution >= 0.6 is 0 Å². The topological polar surface area (TPSA) is 83.6 Å². The summed E-state index contributed by atoms with van der Waals surface area (Å²) < 4.78 is 55.0. The number of benzene rings is 1. The average molecular weight is 429 g/mol. The quantitative estimate of drug-likeness (QED) is 0.632. The first-order chi connectivity index (χ1) is 14.8. The van der Waals surface area contributed by atoms with Gasteiger partial charge in [-0.25, -0.2) is 9.37 Å². The number of rotatable bonds is 3. The summed E-state index contributed by atoms with van der Waals surface area (Å²) in [5.74, 6) is -1.88. The van der Waals surface area contributed by atoms with Crippen molar-refractivity contribution in [2.75, 3.05) is 0 Å². The van der Waals surface area contributed by atoms with Crippen molar-refractivity contribution in [1.29, 1.82) is 5.26 Å². The van der Waals surface area contributed by atoms with E-state index in [2.05, 4.69) is 15.4 Å². The molecule has 0 fully saturated rings. The molecule has 0 bridgehead atoms.